The first-order valence-electron chi connectivity index (χ1n) is 17.0. The highest BCUT2D eigenvalue weighted by molar-refractivity contribution is 6.04. The fourth-order valence-electron chi connectivity index (χ4n) is 11.3. The smallest absolute Gasteiger partial charge is 0.238 e. The summed E-state index contributed by atoms with van der Waals surface area (Å²) in [5.74, 6) is -0.339. The lowest BCUT2D eigenvalue weighted by Gasteiger charge is -2.69. The van der Waals surface area contributed by atoms with Gasteiger partial charge in [0.15, 0.2) is 11.6 Å². The lowest BCUT2D eigenvalue weighted by molar-refractivity contribution is -0.164. The van der Waals surface area contributed by atoms with Crippen molar-refractivity contribution in [3.05, 3.63) is 60.2 Å². The zero-order chi connectivity index (χ0) is 33.1. The van der Waals surface area contributed by atoms with Crippen molar-refractivity contribution in [3.8, 4) is 17.5 Å². The van der Waals surface area contributed by atoms with Crippen molar-refractivity contribution in [1.82, 2.24) is 14.5 Å². The molecule has 7 atom stereocenters. The van der Waals surface area contributed by atoms with Gasteiger partial charge in [-0.05, 0) is 91.2 Å². The highest BCUT2D eigenvalue weighted by Gasteiger charge is 2.71. The Hall–Kier alpha value is -3.66. The standard InChI is InChI=1S/C39H46N4O3/c1-34(2)13-15-39(33(46)43-22-27(42-23-43)26-10-8-9-17-41-26)16-14-38(7)31(25(39)20-34)28(44)18-30-36(5)19-24(21-40)32(45)35(3,4)29(36)11-12-37(30,38)6/h8-10,17-19,22-23,25,29,31H,11-16,20H2,1-7H3/t25-,29?,31-,36-,37+,38+,39-/m0/s1. The summed E-state index contributed by atoms with van der Waals surface area (Å²) in [7, 11) is 0. The molecule has 0 aromatic carbocycles. The van der Waals surface area contributed by atoms with Crippen LogP contribution in [0.5, 0.6) is 0 Å². The van der Waals surface area contributed by atoms with E-state index in [0.717, 1.165) is 56.2 Å². The van der Waals surface area contributed by atoms with Crippen LogP contribution in [-0.2, 0) is 9.59 Å². The van der Waals surface area contributed by atoms with E-state index >= 15 is 0 Å². The molecule has 5 aliphatic rings. The van der Waals surface area contributed by atoms with Crippen LogP contribution in [0, 0.1) is 61.6 Å². The number of Topliss-reactive ketones (excluding diaryl/α,β-unsaturated/α-hetero) is 1. The van der Waals surface area contributed by atoms with E-state index in [1.807, 2.05) is 44.2 Å². The van der Waals surface area contributed by atoms with E-state index in [-0.39, 0.29) is 57.0 Å². The Labute approximate surface area is 272 Å². The Kier molecular flexibility index (Phi) is 6.52. The van der Waals surface area contributed by atoms with Crippen molar-refractivity contribution < 1.29 is 14.4 Å². The van der Waals surface area contributed by atoms with E-state index in [0.29, 0.717) is 5.69 Å². The quantitative estimate of drug-likeness (QED) is 0.340. The third-order valence-corrected chi connectivity index (χ3v) is 14.0. The minimum atomic E-state index is -0.696. The Bertz CT molecular complexity index is 1770. The first-order chi connectivity index (χ1) is 21.5. The van der Waals surface area contributed by atoms with Gasteiger partial charge in [-0.2, -0.15) is 5.26 Å². The third-order valence-electron chi connectivity index (χ3n) is 14.0. The van der Waals surface area contributed by atoms with Gasteiger partial charge in [0.25, 0.3) is 0 Å². The molecule has 2 heterocycles. The van der Waals surface area contributed by atoms with Gasteiger partial charge in [-0.1, -0.05) is 66.2 Å². The second-order valence-electron chi connectivity index (χ2n) is 17.1. The minimum absolute atomic E-state index is 0.00397. The number of nitriles is 1. The van der Waals surface area contributed by atoms with Gasteiger partial charge in [0.05, 0.1) is 16.7 Å². The van der Waals surface area contributed by atoms with Crippen molar-refractivity contribution in [3.63, 3.8) is 0 Å². The number of rotatable bonds is 2. The monoisotopic (exact) mass is 618 g/mol. The molecule has 3 saturated carbocycles. The average molecular weight is 619 g/mol. The molecule has 7 rings (SSSR count). The molecule has 240 valence electrons. The van der Waals surface area contributed by atoms with Crippen LogP contribution in [0.2, 0.25) is 0 Å². The number of fused-ring (bicyclic) bond motifs is 7. The van der Waals surface area contributed by atoms with Crippen molar-refractivity contribution in [2.24, 2.45) is 50.2 Å². The Morgan fingerprint density at radius 3 is 2.39 bits per heavy atom. The average Bonchev–Trinajstić information content (AvgIpc) is 3.50. The van der Waals surface area contributed by atoms with Crippen molar-refractivity contribution in [1.29, 1.82) is 5.26 Å². The summed E-state index contributed by atoms with van der Waals surface area (Å²) in [4.78, 5) is 52.0. The van der Waals surface area contributed by atoms with Gasteiger partial charge in [0.1, 0.15) is 18.1 Å². The highest BCUT2D eigenvalue weighted by atomic mass is 16.2. The normalized spacial score (nSPS) is 39.0. The molecule has 0 spiro atoms. The topological polar surface area (TPSA) is 106 Å². The van der Waals surface area contributed by atoms with Gasteiger partial charge < -0.3 is 0 Å². The van der Waals surface area contributed by atoms with Crippen LogP contribution >= 0.6 is 0 Å². The third kappa shape index (κ3) is 3.91. The molecule has 2 aromatic rings. The lowest BCUT2D eigenvalue weighted by atomic mass is 9.34. The number of nitrogens with zero attached hydrogens (tertiary/aromatic N) is 4. The fraction of sp³-hybridized carbons (Fsp3) is 0.590. The molecule has 0 bridgehead atoms. The van der Waals surface area contributed by atoms with Crippen LogP contribution < -0.4 is 0 Å². The van der Waals surface area contributed by atoms with Crippen LogP contribution in [0.15, 0.2) is 60.2 Å². The van der Waals surface area contributed by atoms with E-state index in [2.05, 4.69) is 50.7 Å². The summed E-state index contributed by atoms with van der Waals surface area (Å²) in [6.07, 6.45) is 14.7. The number of pyridine rings is 1. The molecule has 0 N–H and O–H groups in total. The number of hydrogen-bond acceptors (Lipinski definition) is 6. The second kappa shape index (κ2) is 9.69. The molecule has 3 fully saturated rings. The van der Waals surface area contributed by atoms with Crippen LogP contribution in [0.1, 0.15) is 98.2 Å². The summed E-state index contributed by atoms with van der Waals surface area (Å²) < 4.78 is 1.66. The number of hydrogen-bond donors (Lipinski definition) is 0. The SMILES string of the molecule is CC1(C)CC[C@]2(C(=O)n3cnc(-c4ccccn4)c3)CC[C@]3(C)[C@H](C(=O)C=C4[C@@]5(C)C=C(C#N)C(=O)C(C)(C)C5CC[C@]43C)[C@@H]2C1. The van der Waals surface area contributed by atoms with Crippen LogP contribution in [-0.4, -0.2) is 32.0 Å². The minimum Gasteiger partial charge on any atom is -0.295 e. The number of carbonyl (C=O) groups excluding carboxylic acids is 3. The molecule has 5 aliphatic carbocycles. The maximum atomic E-state index is 14.8. The van der Waals surface area contributed by atoms with Crippen molar-refractivity contribution >= 4 is 17.5 Å². The number of carbonyl (C=O) groups is 3. The number of ketones is 2. The summed E-state index contributed by atoms with van der Waals surface area (Å²) >= 11 is 0. The van der Waals surface area contributed by atoms with E-state index in [9.17, 15) is 19.6 Å². The van der Waals surface area contributed by atoms with Gasteiger partial charge in [0.2, 0.25) is 5.91 Å². The number of aromatic nitrogens is 3. The molecular formula is C39H46N4O3. The van der Waals surface area contributed by atoms with Gasteiger partial charge in [-0.25, -0.2) is 4.98 Å². The van der Waals surface area contributed by atoms with E-state index in [1.165, 1.54) is 0 Å². The maximum absolute atomic E-state index is 14.8. The maximum Gasteiger partial charge on any atom is 0.238 e. The molecule has 0 amide bonds. The largest absolute Gasteiger partial charge is 0.295 e. The fourth-order valence-corrected chi connectivity index (χ4v) is 11.3. The number of imidazole rings is 1. The van der Waals surface area contributed by atoms with E-state index in [4.69, 9.17) is 0 Å². The zero-order valence-corrected chi connectivity index (χ0v) is 28.3. The van der Waals surface area contributed by atoms with Crippen LogP contribution in [0.25, 0.3) is 11.4 Å². The number of allylic oxidation sites excluding steroid dienone is 4. The first-order valence-corrected chi connectivity index (χ1v) is 17.0. The Morgan fingerprint density at radius 1 is 0.957 bits per heavy atom. The molecule has 7 nitrogen and oxygen atoms in total. The van der Waals surface area contributed by atoms with Crippen molar-refractivity contribution in [2.45, 2.75) is 93.4 Å². The van der Waals surface area contributed by atoms with E-state index < -0.39 is 16.2 Å². The molecule has 0 saturated heterocycles. The van der Waals surface area contributed by atoms with Crippen LogP contribution in [0.3, 0.4) is 0 Å². The molecule has 0 aliphatic heterocycles. The predicted molar refractivity (Wildman–Crippen MR) is 175 cm³/mol. The molecule has 2 aromatic heterocycles. The summed E-state index contributed by atoms with van der Waals surface area (Å²) in [5.41, 5.74) is 0.0662. The summed E-state index contributed by atoms with van der Waals surface area (Å²) in [6, 6.07) is 7.86. The molecule has 1 unspecified atom stereocenters. The Morgan fingerprint density at radius 2 is 1.70 bits per heavy atom. The first kappa shape index (κ1) is 31.0. The van der Waals surface area contributed by atoms with Gasteiger partial charge in [0, 0.05) is 29.1 Å². The molecule has 7 heteroatoms. The summed E-state index contributed by atoms with van der Waals surface area (Å²) in [5, 5.41) is 10.0. The highest BCUT2D eigenvalue weighted by Crippen LogP contribution is 2.74. The van der Waals surface area contributed by atoms with Gasteiger partial charge >= 0.3 is 0 Å². The van der Waals surface area contributed by atoms with E-state index in [1.54, 1.807) is 23.3 Å². The molecule has 0 radical (unpaired) electrons. The van der Waals surface area contributed by atoms with Crippen molar-refractivity contribution in [2.75, 3.05) is 0 Å². The van der Waals surface area contributed by atoms with Crippen LogP contribution in [0.4, 0.5) is 0 Å². The summed E-state index contributed by atoms with van der Waals surface area (Å²) in [6.45, 7) is 15.3. The lowest BCUT2D eigenvalue weighted by Crippen LogP contribution is -2.66. The Balaban J connectivity index is 1.34. The molecule has 46 heavy (non-hydrogen) atoms. The van der Waals surface area contributed by atoms with Gasteiger partial charge in [-0.3, -0.25) is 23.9 Å². The zero-order valence-electron chi connectivity index (χ0n) is 28.3. The predicted octanol–water partition coefficient (Wildman–Crippen LogP) is 7.80. The molecular weight excluding hydrogens is 572 g/mol. The second-order valence-corrected chi connectivity index (χ2v) is 17.1. The van der Waals surface area contributed by atoms with Gasteiger partial charge in [-0.15, -0.1) is 0 Å².